The topological polar surface area (TPSA) is 9.23 Å². The van der Waals surface area contributed by atoms with Gasteiger partial charge in [-0.1, -0.05) is 59.6 Å². The molecule has 3 atom stereocenters. The van der Waals surface area contributed by atoms with Crippen LogP contribution in [-0.2, 0) is 4.43 Å². The lowest BCUT2D eigenvalue weighted by Gasteiger charge is -2.61. The van der Waals surface area contributed by atoms with Gasteiger partial charge in [0.2, 0.25) is 0 Å². The highest BCUT2D eigenvalue weighted by Gasteiger charge is 2.64. The second-order valence-corrected chi connectivity index (χ2v) is 15.7. The van der Waals surface area contributed by atoms with E-state index < -0.39 is 8.32 Å². The van der Waals surface area contributed by atoms with E-state index in [0.29, 0.717) is 11.5 Å². The van der Waals surface area contributed by atoms with E-state index in [9.17, 15) is 0 Å². The van der Waals surface area contributed by atoms with Crippen molar-refractivity contribution in [2.75, 3.05) is 0 Å². The van der Waals surface area contributed by atoms with Gasteiger partial charge in [0.15, 0.2) is 8.32 Å². The maximum Gasteiger partial charge on any atom is 0.192 e. The van der Waals surface area contributed by atoms with Gasteiger partial charge in [-0.2, -0.15) is 0 Å². The SMILES string of the molecule is CC1=C(C)[C@]2(C)C(C)(C)CC[C@@H](O[Si](C)(C)C(C)(C)C)[C@]2(C)C1. The molecule has 0 aromatic heterocycles. The Hall–Kier alpha value is -0.0831. The van der Waals surface area contributed by atoms with Crippen molar-refractivity contribution >= 4 is 8.32 Å². The van der Waals surface area contributed by atoms with Crippen molar-refractivity contribution in [1.29, 1.82) is 0 Å². The summed E-state index contributed by atoms with van der Waals surface area (Å²) >= 11 is 0. The average molecular weight is 337 g/mol. The summed E-state index contributed by atoms with van der Waals surface area (Å²) in [6, 6.07) is 0. The predicted molar refractivity (Wildman–Crippen MR) is 104 cm³/mol. The third-order valence-corrected chi connectivity index (χ3v) is 13.0. The van der Waals surface area contributed by atoms with Gasteiger partial charge in [0, 0.05) is 10.8 Å². The molecule has 0 radical (unpaired) electrons. The van der Waals surface area contributed by atoms with Crippen molar-refractivity contribution in [3.63, 3.8) is 0 Å². The summed E-state index contributed by atoms with van der Waals surface area (Å²) in [6.45, 7) is 26.6. The quantitative estimate of drug-likeness (QED) is 0.391. The van der Waals surface area contributed by atoms with Gasteiger partial charge in [-0.25, -0.2) is 0 Å². The molecule has 0 aromatic carbocycles. The minimum absolute atomic E-state index is 0.235. The van der Waals surface area contributed by atoms with E-state index in [1.807, 2.05) is 0 Å². The molecule has 0 aliphatic heterocycles. The Morgan fingerprint density at radius 1 is 1.04 bits per heavy atom. The number of hydrogen-bond donors (Lipinski definition) is 0. The Bertz CT molecular complexity index is 522. The maximum atomic E-state index is 7.03. The van der Waals surface area contributed by atoms with E-state index in [1.54, 1.807) is 11.1 Å². The number of rotatable bonds is 2. The van der Waals surface area contributed by atoms with Crippen LogP contribution in [0.1, 0.15) is 81.6 Å². The van der Waals surface area contributed by atoms with Crippen molar-refractivity contribution in [1.82, 2.24) is 0 Å². The molecule has 2 heteroatoms. The average Bonchev–Trinajstić information content (AvgIpc) is 2.55. The highest BCUT2D eigenvalue weighted by atomic mass is 28.4. The van der Waals surface area contributed by atoms with Gasteiger partial charge in [-0.3, -0.25) is 0 Å². The van der Waals surface area contributed by atoms with Gasteiger partial charge in [0.1, 0.15) is 0 Å². The summed E-state index contributed by atoms with van der Waals surface area (Å²) in [5.41, 5.74) is 4.06. The molecule has 0 amide bonds. The molecular weight excluding hydrogens is 296 g/mol. The Morgan fingerprint density at radius 2 is 1.57 bits per heavy atom. The van der Waals surface area contributed by atoms with Crippen molar-refractivity contribution < 1.29 is 4.43 Å². The second-order valence-electron chi connectivity index (χ2n) is 10.9. The Labute approximate surface area is 146 Å². The van der Waals surface area contributed by atoms with Crippen LogP contribution in [0.2, 0.25) is 18.1 Å². The molecule has 134 valence electrons. The standard InChI is InChI=1S/C21H40OSi/c1-15-14-20(8)17(22-23(10,11)18(3,4)5)12-13-19(6,7)21(20,9)16(15)2/h17H,12-14H2,1-11H3/t17-,20+,21-/m1/s1. The fourth-order valence-corrected chi connectivity index (χ4v) is 6.66. The van der Waals surface area contributed by atoms with Crippen molar-refractivity contribution in [3.8, 4) is 0 Å². The third-order valence-electron chi connectivity index (χ3n) is 8.50. The first kappa shape index (κ1) is 19.2. The minimum atomic E-state index is -1.74. The Balaban J connectivity index is 2.45. The molecule has 0 bridgehead atoms. The molecule has 1 saturated carbocycles. The lowest BCUT2D eigenvalue weighted by atomic mass is 9.46. The normalized spacial score (nSPS) is 38.0. The summed E-state index contributed by atoms with van der Waals surface area (Å²) in [7, 11) is -1.74. The molecule has 23 heavy (non-hydrogen) atoms. The maximum absolute atomic E-state index is 7.03. The van der Waals surface area contributed by atoms with Crippen LogP contribution in [-0.4, -0.2) is 14.4 Å². The van der Waals surface area contributed by atoms with Crippen molar-refractivity contribution in [2.24, 2.45) is 16.2 Å². The van der Waals surface area contributed by atoms with Crippen LogP contribution in [0.25, 0.3) is 0 Å². The molecule has 0 spiro atoms. The van der Waals surface area contributed by atoms with Gasteiger partial charge in [0.25, 0.3) is 0 Å². The van der Waals surface area contributed by atoms with Crippen LogP contribution in [0.5, 0.6) is 0 Å². The van der Waals surface area contributed by atoms with Crippen LogP contribution in [0.3, 0.4) is 0 Å². The fourth-order valence-electron chi connectivity index (χ4n) is 5.21. The molecule has 0 unspecified atom stereocenters. The van der Waals surface area contributed by atoms with E-state index in [-0.39, 0.29) is 15.9 Å². The van der Waals surface area contributed by atoms with Gasteiger partial charge in [-0.05, 0) is 56.7 Å². The van der Waals surface area contributed by atoms with E-state index >= 15 is 0 Å². The lowest BCUT2D eigenvalue weighted by Crippen LogP contribution is -2.59. The van der Waals surface area contributed by atoms with E-state index in [2.05, 4.69) is 75.4 Å². The van der Waals surface area contributed by atoms with E-state index in [4.69, 9.17) is 4.43 Å². The first-order valence-corrected chi connectivity index (χ1v) is 12.4. The molecule has 0 N–H and O–H groups in total. The molecular formula is C21H40OSi. The molecule has 0 aromatic rings. The molecule has 0 saturated heterocycles. The zero-order valence-corrected chi connectivity index (χ0v) is 18.6. The van der Waals surface area contributed by atoms with Crippen LogP contribution in [0.4, 0.5) is 0 Å². The first-order valence-electron chi connectivity index (χ1n) is 9.45. The third kappa shape index (κ3) is 2.50. The van der Waals surface area contributed by atoms with Crippen LogP contribution in [0, 0.1) is 16.2 Å². The van der Waals surface area contributed by atoms with Crippen LogP contribution in [0.15, 0.2) is 11.1 Å². The summed E-state index contributed by atoms with van der Waals surface area (Å²) in [5, 5.41) is 0.281. The number of fused-ring (bicyclic) bond motifs is 1. The number of allylic oxidation sites excluding steroid dienone is 2. The van der Waals surface area contributed by atoms with E-state index in [0.717, 1.165) is 0 Å². The summed E-state index contributed by atoms with van der Waals surface area (Å²) in [6.07, 6.45) is 4.08. The van der Waals surface area contributed by atoms with Crippen LogP contribution >= 0.6 is 0 Å². The predicted octanol–water partition coefficient (Wildman–Crippen LogP) is 6.95. The first-order chi connectivity index (χ1) is 10.1. The monoisotopic (exact) mass is 336 g/mol. The summed E-state index contributed by atoms with van der Waals surface area (Å²) in [5.74, 6) is 0. The molecule has 1 nitrogen and oxygen atoms in total. The van der Waals surface area contributed by atoms with Gasteiger partial charge >= 0.3 is 0 Å². The second kappa shape index (κ2) is 5.21. The Morgan fingerprint density at radius 3 is 2.04 bits per heavy atom. The Kier molecular flexibility index (Phi) is 4.36. The van der Waals surface area contributed by atoms with Gasteiger partial charge < -0.3 is 4.43 Å². The smallest absolute Gasteiger partial charge is 0.192 e. The lowest BCUT2D eigenvalue weighted by molar-refractivity contribution is -0.124. The molecule has 2 rings (SSSR count). The minimum Gasteiger partial charge on any atom is -0.413 e. The van der Waals surface area contributed by atoms with Crippen molar-refractivity contribution in [3.05, 3.63) is 11.1 Å². The van der Waals surface area contributed by atoms with E-state index in [1.165, 1.54) is 19.3 Å². The number of hydrogen-bond acceptors (Lipinski definition) is 1. The largest absolute Gasteiger partial charge is 0.413 e. The van der Waals surface area contributed by atoms with Crippen molar-refractivity contribution in [2.45, 2.75) is 106 Å². The fraction of sp³-hybridized carbons (Fsp3) is 0.905. The molecule has 1 fully saturated rings. The zero-order chi connectivity index (χ0) is 18.1. The van der Waals surface area contributed by atoms with Crippen LogP contribution < -0.4 is 0 Å². The van der Waals surface area contributed by atoms with Gasteiger partial charge in [-0.15, -0.1) is 0 Å². The highest BCUT2D eigenvalue weighted by Crippen LogP contribution is 2.70. The van der Waals surface area contributed by atoms with Gasteiger partial charge in [0.05, 0.1) is 6.10 Å². The molecule has 2 aliphatic rings. The summed E-state index contributed by atoms with van der Waals surface area (Å²) in [4.78, 5) is 0. The summed E-state index contributed by atoms with van der Waals surface area (Å²) < 4.78 is 7.03. The molecule has 2 aliphatic carbocycles. The molecule has 0 heterocycles. The highest BCUT2D eigenvalue weighted by molar-refractivity contribution is 6.74. The zero-order valence-electron chi connectivity index (χ0n) is 17.6.